The third-order valence-electron chi connectivity index (χ3n) is 5.16. The number of para-hydroxylation sites is 1. The van der Waals surface area contributed by atoms with Crippen LogP contribution in [0.5, 0.6) is 0 Å². The fourth-order valence-electron chi connectivity index (χ4n) is 3.64. The van der Waals surface area contributed by atoms with Crippen molar-refractivity contribution in [2.24, 2.45) is 0 Å². The van der Waals surface area contributed by atoms with Gasteiger partial charge in [-0.3, -0.25) is 9.69 Å². The molecule has 140 valence electrons. The minimum atomic E-state index is 0.0539. The van der Waals surface area contributed by atoms with Gasteiger partial charge in [-0.25, -0.2) is 4.68 Å². The molecule has 5 nitrogen and oxygen atoms in total. The lowest BCUT2D eigenvalue weighted by atomic mass is 10.0. The van der Waals surface area contributed by atoms with Crippen molar-refractivity contribution in [3.63, 3.8) is 0 Å². The predicted octanol–water partition coefficient (Wildman–Crippen LogP) is 4.06. The van der Waals surface area contributed by atoms with Crippen LogP contribution in [0.4, 0.5) is 5.82 Å². The van der Waals surface area contributed by atoms with Crippen LogP contribution in [-0.2, 0) is 0 Å². The summed E-state index contributed by atoms with van der Waals surface area (Å²) < 4.78 is 1.84. The van der Waals surface area contributed by atoms with E-state index >= 15 is 0 Å². The molecule has 1 aliphatic heterocycles. The molecule has 27 heavy (non-hydrogen) atoms. The van der Waals surface area contributed by atoms with E-state index in [1.165, 1.54) is 11.3 Å². The molecule has 0 aliphatic carbocycles. The minimum absolute atomic E-state index is 0.0539. The standard InChI is InChI=1S/C21H24N4OS/c1-2-23-13-10-18(11-14-23)25(21(26)19-9-6-16-27-19)20-12-15-24(22-20)17-7-4-3-5-8-17/h3-9,12,15-16,18H,2,10-11,13-14H2,1H3. The number of hydrogen-bond donors (Lipinski definition) is 0. The number of hydrogen-bond acceptors (Lipinski definition) is 4. The van der Waals surface area contributed by atoms with E-state index in [1.807, 2.05) is 69.7 Å². The fourth-order valence-corrected chi connectivity index (χ4v) is 4.30. The molecule has 4 rings (SSSR count). The van der Waals surface area contributed by atoms with Gasteiger partial charge in [-0.05, 0) is 43.0 Å². The van der Waals surface area contributed by atoms with Crippen LogP contribution in [0.25, 0.3) is 5.69 Å². The highest BCUT2D eigenvalue weighted by Gasteiger charge is 2.31. The predicted molar refractivity (Wildman–Crippen MR) is 110 cm³/mol. The average molecular weight is 381 g/mol. The molecule has 0 radical (unpaired) electrons. The highest BCUT2D eigenvalue weighted by molar-refractivity contribution is 7.12. The molecule has 0 saturated carbocycles. The van der Waals surface area contributed by atoms with Crippen LogP contribution in [-0.4, -0.2) is 46.3 Å². The van der Waals surface area contributed by atoms with Gasteiger partial charge in [0.15, 0.2) is 5.82 Å². The molecule has 3 aromatic rings. The van der Waals surface area contributed by atoms with Crippen molar-refractivity contribution in [2.45, 2.75) is 25.8 Å². The van der Waals surface area contributed by atoms with E-state index < -0.39 is 0 Å². The van der Waals surface area contributed by atoms with Crippen LogP contribution in [0, 0.1) is 0 Å². The van der Waals surface area contributed by atoms with E-state index in [-0.39, 0.29) is 11.9 Å². The molecule has 0 bridgehead atoms. The lowest BCUT2D eigenvalue weighted by Crippen LogP contribution is -2.47. The Morgan fingerprint density at radius 1 is 1.15 bits per heavy atom. The van der Waals surface area contributed by atoms with Crippen molar-refractivity contribution in [3.05, 3.63) is 65.0 Å². The summed E-state index contributed by atoms with van der Waals surface area (Å²) in [6.07, 6.45) is 3.88. The molecule has 0 N–H and O–H groups in total. The maximum Gasteiger partial charge on any atom is 0.269 e. The maximum absolute atomic E-state index is 13.3. The van der Waals surface area contributed by atoms with Gasteiger partial charge >= 0.3 is 0 Å². The highest BCUT2D eigenvalue weighted by atomic mass is 32.1. The number of piperidine rings is 1. The fraction of sp³-hybridized carbons (Fsp3) is 0.333. The minimum Gasteiger partial charge on any atom is -0.303 e. The van der Waals surface area contributed by atoms with Gasteiger partial charge in [0.1, 0.15) is 0 Å². The number of anilines is 1. The van der Waals surface area contributed by atoms with Crippen molar-refractivity contribution in [1.82, 2.24) is 14.7 Å². The van der Waals surface area contributed by atoms with E-state index in [4.69, 9.17) is 5.10 Å². The zero-order chi connectivity index (χ0) is 18.6. The number of amides is 1. The van der Waals surface area contributed by atoms with Crippen LogP contribution < -0.4 is 4.90 Å². The summed E-state index contributed by atoms with van der Waals surface area (Å²) >= 11 is 1.49. The van der Waals surface area contributed by atoms with Gasteiger partial charge in [0.2, 0.25) is 0 Å². The van der Waals surface area contributed by atoms with Crippen LogP contribution >= 0.6 is 11.3 Å². The molecule has 1 saturated heterocycles. The molecule has 0 unspecified atom stereocenters. The topological polar surface area (TPSA) is 41.4 Å². The van der Waals surface area contributed by atoms with Gasteiger partial charge in [-0.1, -0.05) is 31.2 Å². The molecule has 0 spiro atoms. The van der Waals surface area contributed by atoms with Crippen molar-refractivity contribution in [2.75, 3.05) is 24.5 Å². The summed E-state index contributed by atoms with van der Waals surface area (Å²) in [6.45, 7) is 5.30. The first-order chi connectivity index (χ1) is 13.3. The van der Waals surface area contributed by atoms with E-state index in [1.54, 1.807) is 0 Å². The SMILES string of the molecule is CCN1CCC(N(C(=O)c2cccs2)c2ccn(-c3ccccc3)n2)CC1. The zero-order valence-electron chi connectivity index (χ0n) is 15.5. The number of benzene rings is 1. The highest BCUT2D eigenvalue weighted by Crippen LogP contribution is 2.26. The maximum atomic E-state index is 13.3. The van der Waals surface area contributed by atoms with Gasteiger partial charge in [0.25, 0.3) is 5.91 Å². The Balaban J connectivity index is 1.64. The Morgan fingerprint density at radius 3 is 2.59 bits per heavy atom. The third-order valence-corrected chi connectivity index (χ3v) is 6.02. The summed E-state index contributed by atoms with van der Waals surface area (Å²) in [5.74, 6) is 0.783. The van der Waals surface area contributed by atoms with Gasteiger partial charge < -0.3 is 4.90 Å². The van der Waals surface area contributed by atoms with E-state index in [0.717, 1.165) is 48.9 Å². The Kier molecular flexibility index (Phi) is 5.36. The quantitative estimate of drug-likeness (QED) is 0.670. The molecule has 1 fully saturated rings. The molecule has 3 heterocycles. The van der Waals surface area contributed by atoms with E-state index in [2.05, 4.69) is 11.8 Å². The van der Waals surface area contributed by atoms with Gasteiger partial charge in [0, 0.05) is 31.4 Å². The average Bonchev–Trinajstić information content (AvgIpc) is 3.42. The lowest BCUT2D eigenvalue weighted by molar-refractivity contribution is 0.0964. The smallest absolute Gasteiger partial charge is 0.269 e. The van der Waals surface area contributed by atoms with Crippen LogP contribution in [0.1, 0.15) is 29.4 Å². The number of carbonyl (C=O) groups excluding carboxylic acids is 1. The summed E-state index contributed by atoms with van der Waals surface area (Å²) in [7, 11) is 0. The molecule has 6 heteroatoms. The Hall–Kier alpha value is -2.44. The molecular formula is C21H24N4OS. The van der Waals surface area contributed by atoms with Crippen molar-refractivity contribution < 1.29 is 4.79 Å². The summed E-state index contributed by atoms with van der Waals surface area (Å²) in [5, 5.41) is 6.69. The first-order valence-corrected chi connectivity index (χ1v) is 10.3. The largest absolute Gasteiger partial charge is 0.303 e. The summed E-state index contributed by atoms with van der Waals surface area (Å²) in [6, 6.07) is 16.0. The normalized spacial score (nSPS) is 15.7. The number of carbonyl (C=O) groups is 1. The Morgan fingerprint density at radius 2 is 1.93 bits per heavy atom. The summed E-state index contributed by atoms with van der Waals surface area (Å²) in [5.41, 5.74) is 0.994. The number of likely N-dealkylation sites (tertiary alicyclic amines) is 1. The zero-order valence-corrected chi connectivity index (χ0v) is 16.3. The van der Waals surface area contributed by atoms with Crippen molar-refractivity contribution in [1.29, 1.82) is 0 Å². The van der Waals surface area contributed by atoms with Gasteiger partial charge in [-0.2, -0.15) is 0 Å². The second-order valence-electron chi connectivity index (χ2n) is 6.77. The second-order valence-corrected chi connectivity index (χ2v) is 7.72. The molecular weight excluding hydrogens is 356 g/mol. The Labute approximate surface area is 163 Å². The number of thiophene rings is 1. The van der Waals surface area contributed by atoms with Crippen molar-refractivity contribution in [3.8, 4) is 5.69 Å². The monoisotopic (exact) mass is 380 g/mol. The van der Waals surface area contributed by atoms with Gasteiger partial charge in [0.05, 0.1) is 10.6 Å². The van der Waals surface area contributed by atoms with Crippen molar-refractivity contribution >= 4 is 23.1 Å². The number of rotatable bonds is 5. The van der Waals surface area contributed by atoms with Crippen LogP contribution in [0.15, 0.2) is 60.1 Å². The summed E-state index contributed by atoms with van der Waals surface area (Å²) in [4.78, 5) is 18.4. The Bertz CT molecular complexity index is 867. The van der Waals surface area contributed by atoms with E-state index in [0.29, 0.717) is 0 Å². The first-order valence-electron chi connectivity index (χ1n) is 9.47. The van der Waals surface area contributed by atoms with Crippen LogP contribution in [0.2, 0.25) is 0 Å². The molecule has 1 aliphatic rings. The molecule has 0 atom stereocenters. The third kappa shape index (κ3) is 3.82. The molecule has 1 amide bonds. The van der Waals surface area contributed by atoms with E-state index in [9.17, 15) is 4.79 Å². The van der Waals surface area contributed by atoms with Crippen LogP contribution in [0.3, 0.4) is 0 Å². The number of aromatic nitrogens is 2. The molecule has 1 aromatic carbocycles. The second kappa shape index (κ2) is 8.06. The first kappa shape index (κ1) is 17.9. The number of nitrogens with zero attached hydrogens (tertiary/aromatic N) is 4. The van der Waals surface area contributed by atoms with Gasteiger partial charge in [-0.15, -0.1) is 16.4 Å². The molecule has 2 aromatic heterocycles. The lowest BCUT2D eigenvalue weighted by Gasteiger charge is -2.37.